The van der Waals surface area contributed by atoms with Crippen molar-refractivity contribution in [2.75, 3.05) is 32.8 Å². The number of piperidine rings is 1. The van der Waals surface area contributed by atoms with Gasteiger partial charge in [0.2, 0.25) is 0 Å². The Morgan fingerprint density at radius 2 is 1.71 bits per heavy atom. The molecule has 1 saturated heterocycles. The number of nitrogens with one attached hydrogen (secondary N) is 1. The van der Waals surface area contributed by atoms with Crippen molar-refractivity contribution in [3.8, 4) is 5.75 Å². The van der Waals surface area contributed by atoms with Crippen molar-refractivity contribution in [1.29, 1.82) is 0 Å². The molecule has 3 N–H and O–H groups in total. The molecule has 1 aliphatic heterocycles. The van der Waals surface area contributed by atoms with E-state index in [1.165, 1.54) is 76.6 Å². The number of hydrogen-bond donors (Lipinski definition) is 3. The molecule has 0 amide bonds. The third kappa shape index (κ3) is 12.0. The summed E-state index contributed by atoms with van der Waals surface area (Å²) in [6.07, 6.45) is 11.8. The van der Waals surface area contributed by atoms with Crippen molar-refractivity contribution < 1.29 is 24.5 Å². The van der Waals surface area contributed by atoms with Crippen molar-refractivity contribution in [3.63, 3.8) is 0 Å². The van der Waals surface area contributed by atoms with Crippen LogP contribution in [0.1, 0.15) is 91.0 Å². The maximum absolute atomic E-state index is 9.10. The van der Waals surface area contributed by atoms with Gasteiger partial charge in [-0.15, -0.1) is 0 Å². The van der Waals surface area contributed by atoms with Crippen molar-refractivity contribution in [2.24, 2.45) is 11.3 Å². The highest BCUT2D eigenvalue weighted by atomic mass is 16.5. The van der Waals surface area contributed by atoms with E-state index in [0.717, 1.165) is 31.9 Å². The van der Waals surface area contributed by atoms with Crippen LogP contribution in [0.5, 0.6) is 5.75 Å². The fourth-order valence-corrected chi connectivity index (χ4v) is 5.55. The Bertz CT molecular complexity index is 876. The van der Waals surface area contributed by atoms with Crippen LogP contribution in [0.4, 0.5) is 0 Å². The van der Waals surface area contributed by atoms with Crippen LogP contribution in [-0.2, 0) is 16.1 Å². The second kappa shape index (κ2) is 16.6. The molecule has 7 nitrogen and oxygen atoms in total. The summed E-state index contributed by atoms with van der Waals surface area (Å²) in [5.74, 6) is -1.94. The first-order valence-corrected chi connectivity index (χ1v) is 14.4. The number of hydrogen-bond acceptors (Lipinski definition) is 5. The number of carboxylic acid groups (broad SMARTS) is 2. The summed E-state index contributed by atoms with van der Waals surface area (Å²) in [5.41, 5.74) is 5.15. The minimum absolute atomic E-state index is 0.410. The summed E-state index contributed by atoms with van der Waals surface area (Å²) in [7, 11) is 0. The van der Waals surface area contributed by atoms with Crippen LogP contribution in [-0.4, -0.2) is 59.8 Å². The molecule has 1 heterocycles. The van der Waals surface area contributed by atoms with Gasteiger partial charge in [0, 0.05) is 13.1 Å². The lowest BCUT2D eigenvalue weighted by molar-refractivity contribution is -0.159. The summed E-state index contributed by atoms with van der Waals surface area (Å²) < 4.78 is 5.96. The fourth-order valence-electron chi connectivity index (χ4n) is 5.55. The average Bonchev–Trinajstić information content (AvgIpc) is 2.88. The molecule has 1 aromatic carbocycles. The number of nitrogens with zero attached hydrogens (tertiary/aromatic N) is 1. The van der Waals surface area contributed by atoms with Gasteiger partial charge in [-0.3, -0.25) is 0 Å². The molecule has 1 aliphatic carbocycles. The van der Waals surface area contributed by atoms with E-state index in [1.807, 2.05) is 0 Å². The van der Waals surface area contributed by atoms with Gasteiger partial charge in [-0.1, -0.05) is 50.5 Å². The first-order valence-electron chi connectivity index (χ1n) is 14.4. The molecule has 1 fully saturated rings. The highest BCUT2D eigenvalue weighted by Gasteiger charge is 2.28. The Labute approximate surface area is 229 Å². The number of allylic oxidation sites excluding steroid dienone is 2. The lowest BCUT2D eigenvalue weighted by atomic mass is 9.71. The first kappa shape index (κ1) is 31.8. The normalized spacial score (nSPS) is 18.3. The summed E-state index contributed by atoms with van der Waals surface area (Å²) >= 11 is 0. The molecule has 0 bridgehead atoms. The third-order valence-electron chi connectivity index (χ3n) is 7.84. The van der Waals surface area contributed by atoms with Crippen LogP contribution in [0.2, 0.25) is 0 Å². The van der Waals surface area contributed by atoms with Crippen LogP contribution in [0.25, 0.3) is 0 Å². The summed E-state index contributed by atoms with van der Waals surface area (Å²) in [6.45, 7) is 16.2. The predicted octanol–water partition coefficient (Wildman–Crippen LogP) is 6.13. The molecule has 1 aromatic rings. The molecule has 0 saturated carbocycles. The second-order valence-corrected chi connectivity index (χ2v) is 11.6. The molecular weight excluding hydrogens is 480 g/mol. The lowest BCUT2D eigenvalue weighted by Gasteiger charge is -2.35. The fraction of sp³-hybridized carbons (Fsp3) is 0.677. The summed E-state index contributed by atoms with van der Waals surface area (Å²) in [4.78, 5) is 20.8. The van der Waals surface area contributed by atoms with Gasteiger partial charge in [0.1, 0.15) is 5.75 Å². The quantitative estimate of drug-likeness (QED) is 0.170. The Morgan fingerprint density at radius 3 is 2.32 bits per heavy atom. The van der Waals surface area contributed by atoms with Crippen molar-refractivity contribution in [2.45, 2.75) is 92.0 Å². The molecule has 0 aromatic heterocycles. The number of carboxylic acids is 2. The van der Waals surface area contributed by atoms with Gasteiger partial charge in [0.05, 0.1) is 6.61 Å². The monoisotopic (exact) mass is 530 g/mol. The number of likely N-dealkylation sites (tertiary alicyclic amines) is 1. The summed E-state index contributed by atoms with van der Waals surface area (Å²) in [6, 6.07) is 8.66. The highest BCUT2D eigenvalue weighted by Crippen LogP contribution is 2.42. The Balaban J connectivity index is 0.000000757. The topological polar surface area (TPSA) is 99.1 Å². The van der Waals surface area contributed by atoms with E-state index in [9.17, 15) is 0 Å². The van der Waals surface area contributed by atoms with Gasteiger partial charge >= 0.3 is 11.9 Å². The molecule has 3 rings (SSSR count). The molecule has 0 radical (unpaired) electrons. The smallest absolute Gasteiger partial charge is 0.414 e. The number of benzene rings is 1. The van der Waals surface area contributed by atoms with Crippen LogP contribution in [0, 0.1) is 11.3 Å². The number of ether oxygens (including phenoxy) is 1. The van der Waals surface area contributed by atoms with Crippen LogP contribution >= 0.6 is 0 Å². The molecule has 38 heavy (non-hydrogen) atoms. The van der Waals surface area contributed by atoms with Crippen molar-refractivity contribution >= 4 is 11.9 Å². The van der Waals surface area contributed by atoms with Gasteiger partial charge in [0.15, 0.2) is 0 Å². The molecule has 7 heteroatoms. The highest BCUT2D eigenvalue weighted by molar-refractivity contribution is 6.27. The minimum Gasteiger partial charge on any atom is -0.494 e. The van der Waals surface area contributed by atoms with E-state index in [-0.39, 0.29) is 0 Å². The largest absolute Gasteiger partial charge is 0.494 e. The van der Waals surface area contributed by atoms with Gasteiger partial charge in [0.25, 0.3) is 0 Å². The molecular formula is C31H50N2O5. The van der Waals surface area contributed by atoms with Gasteiger partial charge < -0.3 is 25.2 Å². The molecule has 1 unspecified atom stereocenters. The third-order valence-corrected chi connectivity index (χ3v) is 7.84. The van der Waals surface area contributed by atoms with Crippen LogP contribution < -0.4 is 10.1 Å². The van der Waals surface area contributed by atoms with E-state index in [0.29, 0.717) is 11.3 Å². The standard InChI is InChI=1S/C29H48N2O.C2H2O4/c1-24(11-16-28-25(2)10-8-17-29(28,3)4)22-30-23-26-12-14-27(15-13-26)32-21-9-20-31-18-6-5-7-19-31;3-1(4)2(5)6/h12-15,24,30H,5-11,16-23H2,1-4H3;(H,3,4)(H,5,6). The zero-order chi connectivity index (χ0) is 28.0. The predicted molar refractivity (Wildman–Crippen MR) is 153 cm³/mol. The van der Waals surface area contributed by atoms with Gasteiger partial charge in [-0.2, -0.15) is 0 Å². The molecule has 2 aliphatic rings. The van der Waals surface area contributed by atoms with E-state index >= 15 is 0 Å². The number of rotatable bonds is 12. The minimum atomic E-state index is -1.82. The molecule has 0 spiro atoms. The molecule has 214 valence electrons. The summed E-state index contributed by atoms with van der Waals surface area (Å²) in [5, 5.41) is 18.4. The van der Waals surface area contributed by atoms with E-state index in [2.05, 4.69) is 62.2 Å². The maximum Gasteiger partial charge on any atom is 0.414 e. The van der Waals surface area contributed by atoms with Gasteiger partial charge in [-0.05, 0) is 107 Å². The second-order valence-electron chi connectivity index (χ2n) is 11.6. The Morgan fingerprint density at radius 1 is 1.05 bits per heavy atom. The Hall–Kier alpha value is -2.38. The Kier molecular flexibility index (Phi) is 13.9. The van der Waals surface area contributed by atoms with Crippen molar-refractivity contribution in [1.82, 2.24) is 10.2 Å². The SMILES string of the molecule is CC1=C(CCC(C)CNCc2ccc(OCCCN3CCCCC3)cc2)C(C)(C)CCC1.O=C(O)C(=O)O. The average molecular weight is 531 g/mol. The number of carbonyl (C=O) groups is 2. The molecule has 1 atom stereocenters. The van der Waals surface area contributed by atoms with Crippen molar-refractivity contribution in [3.05, 3.63) is 41.0 Å². The van der Waals surface area contributed by atoms with E-state index in [4.69, 9.17) is 24.5 Å². The van der Waals surface area contributed by atoms with E-state index < -0.39 is 11.9 Å². The zero-order valence-corrected chi connectivity index (χ0v) is 24.1. The van der Waals surface area contributed by atoms with Crippen LogP contribution in [0.3, 0.4) is 0 Å². The zero-order valence-electron chi connectivity index (χ0n) is 24.1. The van der Waals surface area contributed by atoms with E-state index in [1.54, 1.807) is 11.1 Å². The first-order chi connectivity index (χ1) is 18.1. The van der Waals surface area contributed by atoms with Crippen LogP contribution in [0.15, 0.2) is 35.4 Å². The lowest BCUT2D eigenvalue weighted by Crippen LogP contribution is -2.31. The van der Waals surface area contributed by atoms with Gasteiger partial charge in [-0.25, -0.2) is 9.59 Å². The maximum atomic E-state index is 9.10. The number of aliphatic carboxylic acids is 2.